The quantitative estimate of drug-likeness (QED) is 0.569. The Bertz CT molecular complexity index is 1020. The second-order valence-corrected chi connectivity index (χ2v) is 7.54. The van der Waals surface area contributed by atoms with Gasteiger partial charge >= 0.3 is 6.03 Å². The predicted molar refractivity (Wildman–Crippen MR) is 99.2 cm³/mol. The molecule has 0 aliphatic heterocycles. The number of nitrogens with zero attached hydrogens (tertiary/aromatic N) is 3. The van der Waals surface area contributed by atoms with Crippen molar-refractivity contribution in [2.75, 3.05) is 19.5 Å². The van der Waals surface area contributed by atoms with Gasteiger partial charge in [-0.2, -0.15) is 18.4 Å². The van der Waals surface area contributed by atoms with Gasteiger partial charge in [0, 0.05) is 12.2 Å². The van der Waals surface area contributed by atoms with E-state index in [4.69, 9.17) is 9.47 Å². The standard InChI is InChI=1S/C16H18N6O6S/c1-27-11-8-12(28-2)20-15(19-11)21-16(24)22-29(25,26)14-10(4-3-7-17-14)13(23)18-9-5-6-9/h3-4,7-9H,5-6H2,1-2H3,(H,18,23)(H2,19,20,21,22,24). The second-order valence-electron chi connectivity index (χ2n) is 5.94. The van der Waals surface area contributed by atoms with Crippen LogP contribution in [-0.2, 0) is 10.0 Å². The largest absolute Gasteiger partial charge is 0.481 e. The fourth-order valence-corrected chi connectivity index (χ4v) is 3.28. The van der Waals surface area contributed by atoms with Crippen molar-refractivity contribution >= 4 is 27.9 Å². The third-order valence-electron chi connectivity index (χ3n) is 3.73. The fourth-order valence-electron chi connectivity index (χ4n) is 2.23. The summed E-state index contributed by atoms with van der Waals surface area (Å²) in [5.41, 5.74) is -0.168. The molecule has 3 rings (SSSR count). The minimum atomic E-state index is -4.45. The molecule has 154 valence electrons. The summed E-state index contributed by atoms with van der Waals surface area (Å²) >= 11 is 0. The number of ether oxygens (including phenoxy) is 2. The Kier molecular flexibility index (Phi) is 5.77. The van der Waals surface area contributed by atoms with Crippen LogP contribution in [0, 0.1) is 0 Å². The minimum Gasteiger partial charge on any atom is -0.481 e. The maximum Gasteiger partial charge on any atom is 0.335 e. The highest BCUT2D eigenvalue weighted by molar-refractivity contribution is 7.90. The fraction of sp³-hybridized carbons (Fsp3) is 0.312. The van der Waals surface area contributed by atoms with E-state index in [1.54, 1.807) is 4.72 Å². The number of hydrogen-bond donors (Lipinski definition) is 3. The molecule has 2 heterocycles. The minimum absolute atomic E-state index is 0.0229. The SMILES string of the molecule is COc1cc(OC)nc(NC(=O)NS(=O)(=O)c2ncccc2C(=O)NC2CC2)n1. The van der Waals surface area contributed by atoms with Crippen molar-refractivity contribution in [1.82, 2.24) is 25.0 Å². The average Bonchev–Trinajstić information content (AvgIpc) is 3.51. The first-order chi connectivity index (χ1) is 13.8. The summed E-state index contributed by atoms with van der Waals surface area (Å²) in [6.45, 7) is 0. The number of carbonyl (C=O) groups is 2. The second kappa shape index (κ2) is 8.26. The Morgan fingerprint density at radius 2 is 1.79 bits per heavy atom. The van der Waals surface area contributed by atoms with Crippen LogP contribution in [0.4, 0.5) is 10.7 Å². The van der Waals surface area contributed by atoms with Crippen molar-refractivity contribution in [2.45, 2.75) is 23.9 Å². The van der Waals surface area contributed by atoms with Crippen molar-refractivity contribution in [1.29, 1.82) is 0 Å². The number of carbonyl (C=O) groups excluding carboxylic acids is 2. The highest BCUT2D eigenvalue weighted by atomic mass is 32.2. The van der Waals surface area contributed by atoms with Crippen LogP contribution in [0.3, 0.4) is 0 Å². The summed E-state index contributed by atoms with van der Waals surface area (Å²) in [4.78, 5) is 36.0. The molecule has 1 fully saturated rings. The first kappa shape index (κ1) is 20.3. The summed E-state index contributed by atoms with van der Waals surface area (Å²) in [6, 6.07) is 2.98. The molecule has 0 aromatic carbocycles. The van der Waals surface area contributed by atoms with Crippen molar-refractivity contribution < 1.29 is 27.5 Å². The topological polar surface area (TPSA) is 162 Å². The van der Waals surface area contributed by atoms with E-state index >= 15 is 0 Å². The monoisotopic (exact) mass is 422 g/mol. The summed E-state index contributed by atoms with van der Waals surface area (Å²) in [7, 11) is -1.75. The van der Waals surface area contributed by atoms with Gasteiger partial charge in [-0.1, -0.05) is 0 Å². The molecule has 3 N–H and O–H groups in total. The molecule has 0 unspecified atom stereocenters. The van der Waals surface area contributed by atoms with Crippen LogP contribution in [0.1, 0.15) is 23.2 Å². The number of aromatic nitrogens is 3. The van der Waals surface area contributed by atoms with Crippen LogP contribution >= 0.6 is 0 Å². The Hall–Kier alpha value is -3.48. The van der Waals surface area contributed by atoms with Gasteiger partial charge in [-0.15, -0.1) is 0 Å². The van der Waals surface area contributed by atoms with Crippen molar-refractivity contribution in [3.05, 3.63) is 30.0 Å². The van der Waals surface area contributed by atoms with E-state index in [0.29, 0.717) is 0 Å². The van der Waals surface area contributed by atoms with Gasteiger partial charge in [0.15, 0.2) is 5.03 Å². The molecular formula is C16H18N6O6S. The van der Waals surface area contributed by atoms with Crippen LogP contribution in [0.2, 0.25) is 0 Å². The molecule has 1 aliphatic carbocycles. The number of methoxy groups -OCH3 is 2. The highest BCUT2D eigenvalue weighted by Gasteiger charge is 2.29. The lowest BCUT2D eigenvalue weighted by atomic mass is 10.2. The molecule has 1 aliphatic rings. The Labute approximate surface area is 166 Å². The zero-order valence-corrected chi connectivity index (χ0v) is 16.3. The molecule has 13 heteroatoms. The molecule has 12 nitrogen and oxygen atoms in total. The zero-order chi connectivity index (χ0) is 21.0. The van der Waals surface area contributed by atoms with Crippen LogP contribution in [-0.4, -0.2) is 55.6 Å². The van der Waals surface area contributed by atoms with Gasteiger partial charge in [0.05, 0.1) is 25.8 Å². The summed E-state index contributed by atoms with van der Waals surface area (Å²) in [5, 5.41) is 4.28. The number of pyridine rings is 1. The van der Waals surface area contributed by atoms with Gasteiger partial charge in [0.2, 0.25) is 17.7 Å². The van der Waals surface area contributed by atoms with E-state index < -0.39 is 27.0 Å². The third kappa shape index (κ3) is 5.07. The summed E-state index contributed by atoms with van der Waals surface area (Å²) < 4.78 is 36.9. The van der Waals surface area contributed by atoms with Crippen LogP contribution in [0.5, 0.6) is 11.8 Å². The molecule has 0 spiro atoms. The lowest BCUT2D eigenvalue weighted by molar-refractivity contribution is 0.0947. The Balaban J connectivity index is 1.77. The first-order valence-electron chi connectivity index (χ1n) is 8.39. The van der Waals surface area contributed by atoms with Gasteiger partial charge < -0.3 is 14.8 Å². The molecule has 0 bridgehead atoms. The molecule has 2 aromatic rings. The highest BCUT2D eigenvalue weighted by Crippen LogP contribution is 2.21. The van der Waals surface area contributed by atoms with E-state index in [0.717, 1.165) is 12.8 Å². The number of sulfonamides is 1. The maximum atomic E-state index is 12.6. The normalized spacial score (nSPS) is 13.3. The molecule has 3 amide bonds. The van der Waals surface area contributed by atoms with E-state index in [1.165, 1.54) is 38.6 Å². The third-order valence-corrected chi connectivity index (χ3v) is 5.02. The number of rotatable bonds is 7. The van der Waals surface area contributed by atoms with Crippen molar-refractivity contribution in [2.24, 2.45) is 0 Å². The Morgan fingerprint density at radius 3 is 2.38 bits per heavy atom. The zero-order valence-electron chi connectivity index (χ0n) is 15.5. The van der Waals surface area contributed by atoms with Gasteiger partial charge in [-0.05, 0) is 25.0 Å². The predicted octanol–water partition coefficient (Wildman–Crippen LogP) is 0.291. The van der Waals surface area contributed by atoms with Gasteiger partial charge in [0.1, 0.15) is 0 Å². The summed E-state index contributed by atoms with van der Waals surface area (Å²) in [5.74, 6) is -0.638. The molecule has 29 heavy (non-hydrogen) atoms. The van der Waals surface area contributed by atoms with Crippen LogP contribution < -0.4 is 24.8 Å². The first-order valence-corrected chi connectivity index (χ1v) is 9.87. The number of nitrogens with one attached hydrogen (secondary N) is 3. The summed E-state index contributed by atoms with van der Waals surface area (Å²) in [6.07, 6.45) is 2.87. The molecule has 1 saturated carbocycles. The average molecular weight is 422 g/mol. The van der Waals surface area contributed by atoms with E-state index in [-0.39, 0.29) is 29.3 Å². The Morgan fingerprint density at radius 1 is 1.14 bits per heavy atom. The smallest absolute Gasteiger partial charge is 0.335 e. The van der Waals surface area contributed by atoms with Crippen molar-refractivity contribution in [3.8, 4) is 11.8 Å². The van der Waals surface area contributed by atoms with E-state index in [1.807, 2.05) is 0 Å². The van der Waals surface area contributed by atoms with E-state index in [9.17, 15) is 18.0 Å². The number of hydrogen-bond acceptors (Lipinski definition) is 9. The molecular weight excluding hydrogens is 404 g/mol. The number of amides is 3. The lowest BCUT2D eigenvalue weighted by Gasteiger charge is -2.11. The molecule has 0 atom stereocenters. The van der Waals surface area contributed by atoms with E-state index in [2.05, 4.69) is 25.6 Å². The van der Waals surface area contributed by atoms with Crippen molar-refractivity contribution in [3.63, 3.8) is 0 Å². The number of anilines is 1. The molecule has 2 aromatic heterocycles. The van der Waals surface area contributed by atoms with Gasteiger partial charge in [0.25, 0.3) is 15.9 Å². The molecule has 0 saturated heterocycles. The van der Waals surface area contributed by atoms with Crippen LogP contribution in [0.15, 0.2) is 29.4 Å². The molecule has 0 radical (unpaired) electrons. The van der Waals surface area contributed by atoms with Gasteiger partial charge in [-0.25, -0.2) is 14.5 Å². The van der Waals surface area contributed by atoms with Gasteiger partial charge in [-0.3, -0.25) is 10.1 Å². The maximum absolute atomic E-state index is 12.6. The lowest BCUT2D eigenvalue weighted by Crippen LogP contribution is -2.37. The number of urea groups is 1. The van der Waals surface area contributed by atoms with Crippen LogP contribution in [0.25, 0.3) is 0 Å².